The lowest BCUT2D eigenvalue weighted by atomic mass is 10.1. The van der Waals surface area contributed by atoms with Gasteiger partial charge in [-0.3, -0.25) is 4.79 Å². The molecular formula is C19H22N2O4S. The van der Waals surface area contributed by atoms with Crippen LogP contribution in [-0.2, 0) is 16.4 Å². The van der Waals surface area contributed by atoms with E-state index < -0.39 is 10.0 Å². The minimum Gasteiger partial charge on any atom is -0.495 e. The number of ether oxygens (including phenoxy) is 1. The highest BCUT2D eigenvalue weighted by Crippen LogP contribution is 2.34. The van der Waals surface area contributed by atoms with Gasteiger partial charge in [-0.25, -0.2) is 12.7 Å². The number of methoxy groups -OCH3 is 1. The Morgan fingerprint density at radius 1 is 1.19 bits per heavy atom. The lowest BCUT2D eigenvalue weighted by Gasteiger charge is -2.23. The van der Waals surface area contributed by atoms with E-state index in [-0.39, 0.29) is 22.6 Å². The van der Waals surface area contributed by atoms with Crippen molar-refractivity contribution in [2.75, 3.05) is 26.1 Å². The van der Waals surface area contributed by atoms with Crippen LogP contribution in [0.1, 0.15) is 22.8 Å². The number of sulfonamides is 1. The highest BCUT2D eigenvalue weighted by molar-refractivity contribution is 7.89. The number of fused-ring (bicyclic) bond motifs is 1. The zero-order valence-electron chi connectivity index (χ0n) is 15.3. The maximum absolute atomic E-state index is 13.1. The summed E-state index contributed by atoms with van der Waals surface area (Å²) in [4.78, 5) is 14.9. The number of rotatable bonds is 4. The van der Waals surface area contributed by atoms with Crippen molar-refractivity contribution in [3.05, 3.63) is 53.6 Å². The molecule has 0 N–H and O–H groups in total. The van der Waals surface area contributed by atoms with E-state index in [2.05, 4.69) is 0 Å². The fourth-order valence-electron chi connectivity index (χ4n) is 3.22. The average Bonchev–Trinajstić information content (AvgIpc) is 2.96. The molecule has 2 aromatic carbocycles. The van der Waals surface area contributed by atoms with Gasteiger partial charge in [0.05, 0.1) is 7.11 Å². The highest BCUT2D eigenvalue weighted by Gasteiger charge is 2.32. The molecule has 0 aromatic heterocycles. The van der Waals surface area contributed by atoms with E-state index in [1.807, 2.05) is 31.2 Å². The van der Waals surface area contributed by atoms with Gasteiger partial charge in [0.15, 0.2) is 0 Å². The Bertz CT molecular complexity index is 954. The molecule has 1 atom stereocenters. The summed E-state index contributed by atoms with van der Waals surface area (Å²) in [6, 6.07) is 12.3. The molecule has 0 saturated heterocycles. The number of hydrogen-bond donors (Lipinski definition) is 0. The second kappa shape index (κ2) is 6.74. The number of nitrogens with zero attached hydrogens (tertiary/aromatic N) is 2. The van der Waals surface area contributed by atoms with Crippen LogP contribution in [0.5, 0.6) is 5.75 Å². The average molecular weight is 374 g/mol. The molecule has 0 bridgehead atoms. The molecule has 0 radical (unpaired) electrons. The van der Waals surface area contributed by atoms with E-state index in [0.29, 0.717) is 5.56 Å². The number of para-hydroxylation sites is 1. The second-order valence-corrected chi connectivity index (χ2v) is 8.63. The lowest BCUT2D eigenvalue weighted by molar-refractivity contribution is 0.0981. The molecule has 0 spiro atoms. The summed E-state index contributed by atoms with van der Waals surface area (Å²) in [5.41, 5.74) is 2.30. The Morgan fingerprint density at radius 3 is 2.54 bits per heavy atom. The van der Waals surface area contributed by atoms with Crippen LogP contribution in [0, 0.1) is 0 Å². The summed E-state index contributed by atoms with van der Waals surface area (Å²) < 4.78 is 31.5. The van der Waals surface area contributed by atoms with Crippen LogP contribution in [0.3, 0.4) is 0 Å². The monoisotopic (exact) mass is 374 g/mol. The van der Waals surface area contributed by atoms with Crippen molar-refractivity contribution in [3.63, 3.8) is 0 Å². The molecule has 2 aromatic rings. The van der Waals surface area contributed by atoms with Crippen molar-refractivity contribution in [1.29, 1.82) is 0 Å². The van der Waals surface area contributed by atoms with Gasteiger partial charge in [-0.15, -0.1) is 0 Å². The molecule has 0 fully saturated rings. The third-order valence-corrected chi connectivity index (χ3v) is 6.43. The van der Waals surface area contributed by atoms with E-state index in [1.165, 1.54) is 33.3 Å². The molecule has 1 heterocycles. The lowest BCUT2D eigenvalue weighted by Crippen LogP contribution is -2.36. The topological polar surface area (TPSA) is 66.9 Å². The zero-order chi connectivity index (χ0) is 19.1. The van der Waals surface area contributed by atoms with Crippen LogP contribution in [0.2, 0.25) is 0 Å². The first kappa shape index (κ1) is 18.4. The molecule has 1 unspecified atom stereocenters. The van der Waals surface area contributed by atoms with Gasteiger partial charge in [0.1, 0.15) is 10.6 Å². The number of benzene rings is 2. The summed E-state index contributed by atoms with van der Waals surface area (Å²) >= 11 is 0. The fourth-order valence-corrected chi connectivity index (χ4v) is 4.30. The third-order valence-electron chi connectivity index (χ3n) is 4.60. The summed E-state index contributed by atoms with van der Waals surface area (Å²) in [6.07, 6.45) is 0.779. The number of anilines is 1. The van der Waals surface area contributed by atoms with Gasteiger partial charge in [0.2, 0.25) is 10.0 Å². The van der Waals surface area contributed by atoms with Gasteiger partial charge in [-0.05, 0) is 43.2 Å². The first-order valence-electron chi connectivity index (χ1n) is 8.29. The van der Waals surface area contributed by atoms with Crippen LogP contribution in [0.4, 0.5) is 5.69 Å². The standard InChI is InChI=1S/C19H22N2O4S/c1-13-11-14-7-5-6-8-16(14)21(13)19(22)15-9-10-17(25-4)18(12-15)26(23,24)20(2)3/h5-10,12-13H,11H2,1-4H3. The third kappa shape index (κ3) is 2.97. The normalized spacial score (nSPS) is 16.7. The van der Waals surface area contributed by atoms with E-state index in [4.69, 9.17) is 4.74 Å². The van der Waals surface area contributed by atoms with E-state index in [0.717, 1.165) is 22.0 Å². The Balaban J connectivity index is 2.07. The molecule has 7 heteroatoms. The van der Waals surface area contributed by atoms with Crippen LogP contribution in [0.15, 0.2) is 47.4 Å². The summed E-state index contributed by atoms with van der Waals surface area (Å²) in [7, 11) is 0.564. The van der Waals surface area contributed by atoms with Gasteiger partial charge in [-0.1, -0.05) is 18.2 Å². The van der Waals surface area contributed by atoms with Crippen molar-refractivity contribution >= 4 is 21.6 Å². The van der Waals surface area contributed by atoms with Crippen LogP contribution in [0.25, 0.3) is 0 Å². The maximum Gasteiger partial charge on any atom is 0.258 e. The molecule has 1 amide bonds. The summed E-state index contributed by atoms with van der Waals surface area (Å²) in [5.74, 6) is -0.00886. The minimum absolute atomic E-state index is 0.0101. The quantitative estimate of drug-likeness (QED) is 0.825. The van der Waals surface area contributed by atoms with Crippen molar-refractivity contribution in [3.8, 4) is 5.75 Å². The van der Waals surface area contributed by atoms with Crippen molar-refractivity contribution in [2.45, 2.75) is 24.3 Å². The molecule has 0 saturated carbocycles. The Morgan fingerprint density at radius 2 is 1.88 bits per heavy atom. The van der Waals surface area contributed by atoms with Crippen molar-refractivity contribution < 1.29 is 17.9 Å². The van der Waals surface area contributed by atoms with Crippen molar-refractivity contribution in [1.82, 2.24) is 4.31 Å². The van der Waals surface area contributed by atoms with E-state index in [9.17, 15) is 13.2 Å². The Labute approximate surface area is 154 Å². The summed E-state index contributed by atoms with van der Waals surface area (Å²) in [5, 5.41) is 0. The molecule has 0 aliphatic carbocycles. The number of carbonyl (C=O) groups excluding carboxylic acids is 1. The maximum atomic E-state index is 13.1. The summed E-state index contributed by atoms with van der Waals surface area (Å²) in [6.45, 7) is 1.99. The van der Waals surface area contributed by atoms with Crippen LogP contribution < -0.4 is 9.64 Å². The van der Waals surface area contributed by atoms with Gasteiger partial charge >= 0.3 is 0 Å². The Hall–Kier alpha value is -2.38. The highest BCUT2D eigenvalue weighted by atomic mass is 32.2. The van der Waals surface area contributed by atoms with Gasteiger partial charge in [-0.2, -0.15) is 0 Å². The number of amides is 1. The molecule has 6 nitrogen and oxygen atoms in total. The first-order valence-corrected chi connectivity index (χ1v) is 9.73. The van der Waals surface area contributed by atoms with Crippen LogP contribution >= 0.6 is 0 Å². The number of carbonyl (C=O) groups is 1. The smallest absolute Gasteiger partial charge is 0.258 e. The molecule has 26 heavy (non-hydrogen) atoms. The first-order chi connectivity index (χ1) is 12.3. The SMILES string of the molecule is COc1ccc(C(=O)N2c3ccccc3CC2C)cc1S(=O)(=O)N(C)C. The molecular weight excluding hydrogens is 352 g/mol. The molecule has 138 valence electrons. The van der Waals surface area contributed by atoms with E-state index >= 15 is 0 Å². The second-order valence-electron chi connectivity index (χ2n) is 6.51. The predicted molar refractivity (Wildman–Crippen MR) is 100 cm³/mol. The molecule has 3 rings (SSSR count). The van der Waals surface area contributed by atoms with Gasteiger partial charge in [0, 0.05) is 31.4 Å². The minimum atomic E-state index is -3.74. The van der Waals surface area contributed by atoms with E-state index in [1.54, 1.807) is 11.0 Å². The van der Waals surface area contributed by atoms with Crippen LogP contribution in [-0.4, -0.2) is 45.9 Å². The molecule has 1 aliphatic heterocycles. The predicted octanol–water partition coefficient (Wildman–Crippen LogP) is 2.54. The largest absolute Gasteiger partial charge is 0.495 e. The fraction of sp³-hybridized carbons (Fsp3) is 0.316. The van der Waals surface area contributed by atoms with Gasteiger partial charge in [0.25, 0.3) is 5.91 Å². The molecule has 1 aliphatic rings. The van der Waals surface area contributed by atoms with Crippen molar-refractivity contribution in [2.24, 2.45) is 0 Å². The Kier molecular flexibility index (Phi) is 4.77. The van der Waals surface area contributed by atoms with Gasteiger partial charge < -0.3 is 9.64 Å². The number of hydrogen-bond acceptors (Lipinski definition) is 4. The zero-order valence-corrected chi connectivity index (χ0v) is 16.1.